The van der Waals surface area contributed by atoms with Gasteiger partial charge in [-0.3, -0.25) is 4.90 Å². The normalized spacial score (nSPS) is 27.5. The Hall–Kier alpha value is -0.900. The Morgan fingerprint density at radius 2 is 1.65 bits per heavy atom. The van der Waals surface area contributed by atoms with Gasteiger partial charge in [0.1, 0.15) is 0 Å². The fourth-order valence-corrected chi connectivity index (χ4v) is 3.29. The van der Waals surface area contributed by atoms with Crippen LogP contribution in [0.3, 0.4) is 0 Å². The Morgan fingerprint density at radius 1 is 1.10 bits per heavy atom. The van der Waals surface area contributed by atoms with Crippen molar-refractivity contribution in [3.63, 3.8) is 0 Å². The van der Waals surface area contributed by atoms with Crippen molar-refractivity contribution in [3.8, 4) is 0 Å². The number of aliphatic hydroxyl groups is 1. The number of morpholine rings is 1. The Balaban J connectivity index is 2.18. The van der Waals surface area contributed by atoms with Gasteiger partial charge in [0.05, 0.1) is 18.3 Å². The van der Waals surface area contributed by atoms with Crippen LogP contribution >= 0.6 is 0 Å². The van der Waals surface area contributed by atoms with Crippen LogP contribution in [-0.2, 0) is 4.74 Å². The Labute approximate surface area is 122 Å². The molecule has 1 aliphatic rings. The fraction of sp³-hybridized carbons (Fsp3) is 0.647. The van der Waals surface area contributed by atoms with Crippen LogP contribution in [0.2, 0.25) is 0 Å². The second-order valence-electron chi connectivity index (χ2n) is 6.30. The molecule has 1 aliphatic heterocycles. The third-order valence-electron chi connectivity index (χ3n) is 4.02. The quantitative estimate of drug-likeness (QED) is 0.918. The Bertz CT molecular complexity index is 397. The second-order valence-corrected chi connectivity index (χ2v) is 6.30. The monoisotopic (exact) mass is 277 g/mol. The van der Waals surface area contributed by atoms with Gasteiger partial charge in [0, 0.05) is 19.1 Å². The number of hydrogen-bond acceptors (Lipinski definition) is 3. The van der Waals surface area contributed by atoms with Crippen LogP contribution in [0.5, 0.6) is 0 Å². The van der Waals surface area contributed by atoms with Gasteiger partial charge in [-0.15, -0.1) is 0 Å². The van der Waals surface area contributed by atoms with Crippen molar-refractivity contribution in [3.05, 3.63) is 35.9 Å². The third kappa shape index (κ3) is 3.60. The molecular weight excluding hydrogens is 250 g/mol. The second kappa shape index (κ2) is 6.70. The third-order valence-corrected chi connectivity index (χ3v) is 4.02. The highest BCUT2D eigenvalue weighted by molar-refractivity contribution is 5.19. The molecule has 2 rings (SSSR count). The summed E-state index contributed by atoms with van der Waals surface area (Å²) in [7, 11) is 0. The van der Waals surface area contributed by atoms with Crippen molar-refractivity contribution in [2.45, 2.75) is 52.0 Å². The highest BCUT2D eigenvalue weighted by atomic mass is 16.5. The van der Waals surface area contributed by atoms with Gasteiger partial charge < -0.3 is 9.84 Å². The summed E-state index contributed by atoms with van der Waals surface area (Å²) >= 11 is 0. The summed E-state index contributed by atoms with van der Waals surface area (Å²) in [6.07, 6.45) is -0.000327. The summed E-state index contributed by atoms with van der Waals surface area (Å²) in [5.41, 5.74) is 0.998. The van der Waals surface area contributed by atoms with E-state index in [1.54, 1.807) is 0 Å². The minimum absolute atomic E-state index is 0.131. The molecule has 0 radical (unpaired) electrons. The molecule has 3 heteroatoms. The van der Waals surface area contributed by atoms with Crippen molar-refractivity contribution in [2.75, 3.05) is 13.1 Å². The highest BCUT2D eigenvalue weighted by Crippen LogP contribution is 2.28. The van der Waals surface area contributed by atoms with Gasteiger partial charge in [0.25, 0.3) is 0 Å². The maximum Gasteiger partial charge on any atom is 0.0947 e. The van der Waals surface area contributed by atoms with Crippen LogP contribution in [0, 0.1) is 5.92 Å². The molecule has 4 atom stereocenters. The predicted octanol–water partition coefficient (Wildman–Crippen LogP) is 2.85. The lowest BCUT2D eigenvalue weighted by Crippen LogP contribution is -2.53. The van der Waals surface area contributed by atoms with E-state index in [9.17, 15) is 5.11 Å². The lowest BCUT2D eigenvalue weighted by atomic mass is 9.91. The van der Waals surface area contributed by atoms with E-state index in [1.165, 1.54) is 0 Å². The van der Waals surface area contributed by atoms with E-state index in [2.05, 4.69) is 32.6 Å². The van der Waals surface area contributed by atoms with E-state index in [0.29, 0.717) is 5.92 Å². The van der Waals surface area contributed by atoms with E-state index in [-0.39, 0.29) is 18.2 Å². The Morgan fingerprint density at radius 3 is 2.15 bits per heavy atom. The average Bonchev–Trinajstić information content (AvgIpc) is 2.38. The topological polar surface area (TPSA) is 32.7 Å². The predicted molar refractivity (Wildman–Crippen MR) is 81.6 cm³/mol. The van der Waals surface area contributed by atoms with Crippen molar-refractivity contribution in [1.82, 2.24) is 4.90 Å². The van der Waals surface area contributed by atoms with E-state index >= 15 is 0 Å². The first-order valence-electron chi connectivity index (χ1n) is 7.61. The minimum atomic E-state index is -0.450. The molecule has 1 aromatic carbocycles. The zero-order chi connectivity index (χ0) is 14.7. The lowest BCUT2D eigenvalue weighted by Gasteiger charge is -2.43. The number of hydrogen-bond donors (Lipinski definition) is 1. The van der Waals surface area contributed by atoms with Gasteiger partial charge >= 0.3 is 0 Å². The van der Waals surface area contributed by atoms with Crippen LogP contribution in [0.1, 0.15) is 39.4 Å². The van der Waals surface area contributed by atoms with Crippen molar-refractivity contribution >= 4 is 0 Å². The van der Waals surface area contributed by atoms with Gasteiger partial charge in [-0.05, 0) is 25.3 Å². The smallest absolute Gasteiger partial charge is 0.0947 e. The molecule has 20 heavy (non-hydrogen) atoms. The van der Waals surface area contributed by atoms with Crippen molar-refractivity contribution in [1.29, 1.82) is 0 Å². The zero-order valence-electron chi connectivity index (χ0n) is 13.0. The van der Waals surface area contributed by atoms with Crippen LogP contribution in [0.15, 0.2) is 30.3 Å². The van der Waals surface area contributed by atoms with Gasteiger partial charge in [-0.25, -0.2) is 0 Å². The standard InChI is InChI=1S/C17H27NO2/c1-12(2)16(17(19)15-8-6-5-7-9-15)18-10-13(3)20-14(4)11-18/h5-9,12-14,16-17,19H,10-11H2,1-4H3/t13-,14+,16?,17?. The maximum absolute atomic E-state index is 10.8. The first kappa shape index (κ1) is 15.5. The van der Waals surface area contributed by atoms with Gasteiger partial charge in [0.15, 0.2) is 0 Å². The number of rotatable bonds is 4. The maximum atomic E-state index is 10.8. The lowest BCUT2D eigenvalue weighted by molar-refractivity contribution is -0.104. The number of aliphatic hydroxyl groups excluding tert-OH is 1. The molecule has 2 unspecified atom stereocenters. The van der Waals surface area contributed by atoms with Gasteiger partial charge in [0.2, 0.25) is 0 Å². The van der Waals surface area contributed by atoms with Crippen LogP contribution in [0.4, 0.5) is 0 Å². The van der Waals surface area contributed by atoms with Crippen LogP contribution in [0.25, 0.3) is 0 Å². The van der Waals surface area contributed by atoms with Crippen LogP contribution < -0.4 is 0 Å². The van der Waals surface area contributed by atoms with Crippen molar-refractivity contribution in [2.24, 2.45) is 5.92 Å². The molecule has 1 heterocycles. The summed E-state index contributed by atoms with van der Waals surface area (Å²) < 4.78 is 5.81. The molecule has 1 fully saturated rings. The molecule has 1 N–H and O–H groups in total. The highest BCUT2D eigenvalue weighted by Gasteiger charge is 2.34. The van der Waals surface area contributed by atoms with E-state index in [4.69, 9.17) is 4.74 Å². The first-order chi connectivity index (χ1) is 9.49. The molecule has 0 aliphatic carbocycles. The van der Waals surface area contributed by atoms with E-state index in [1.807, 2.05) is 30.3 Å². The molecule has 112 valence electrons. The van der Waals surface area contributed by atoms with E-state index < -0.39 is 6.10 Å². The minimum Gasteiger partial charge on any atom is -0.387 e. The first-order valence-corrected chi connectivity index (χ1v) is 7.61. The summed E-state index contributed by atoms with van der Waals surface area (Å²) in [5, 5.41) is 10.8. The molecule has 1 saturated heterocycles. The SMILES string of the molecule is CC(C)C(C(O)c1ccccc1)N1C[C@@H](C)O[C@@H](C)C1. The summed E-state index contributed by atoms with van der Waals surface area (Å²) in [6, 6.07) is 10.1. The van der Waals surface area contributed by atoms with E-state index in [0.717, 1.165) is 18.7 Å². The molecule has 3 nitrogen and oxygen atoms in total. The number of nitrogens with zero attached hydrogens (tertiary/aromatic N) is 1. The fourth-order valence-electron chi connectivity index (χ4n) is 3.29. The largest absolute Gasteiger partial charge is 0.387 e. The van der Waals surface area contributed by atoms with Gasteiger partial charge in [-0.2, -0.15) is 0 Å². The summed E-state index contributed by atoms with van der Waals surface area (Å²) in [5.74, 6) is 0.391. The molecule has 0 saturated carbocycles. The molecule has 0 aromatic heterocycles. The molecule has 0 bridgehead atoms. The average molecular weight is 277 g/mol. The van der Waals surface area contributed by atoms with Crippen LogP contribution in [-0.4, -0.2) is 41.3 Å². The summed E-state index contributed by atoms with van der Waals surface area (Å²) in [6.45, 7) is 10.3. The summed E-state index contributed by atoms with van der Waals surface area (Å²) in [4.78, 5) is 2.39. The molecular formula is C17H27NO2. The van der Waals surface area contributed by atoms with Gasteiger partial charge in [-0.1, -0.05) is 44.2 Å². The van der Waals surface area contributed by atoms with Crippen molar-refractivity contribution < 1.29 is 9.84 Å². The molecule has 1 aromatic rings. The molecule has 0 spiro atoms. The number of benzene rings is 1. The zero-order valence-corrected chi connectivity index (χ0v) is 13.0. The number of ether oxygens (including phenoxy) is 1. The Kier molecular flexibility index (Phi) is 5.19. The molecule has 0 amide bonds.